The molecule has 8 nitrogen and oxygen atoms in total. The normalized spacial score (nSPS) is 16.5. The third-order valence-electron chi connectivity index (χ3n) is 7.85. The lowest BCUT2D eigenvalue weighted by Gasteiger charge is -2.44. The number of rotatable bonds is 10. The van der Waals surface area contributed by atoms with Crippen molar-refractivity contribution in [2.45, 2.75) is 37.8 Å². The summed E-state index contributed by atoms with van der Waals surface area (Å²) in [6.07, 6.45) is 1.77. The SMILES string of the molecule is COC(=O)NCCC[C@](O)(c1cccc(Cl)c1-c1cccc(OC)c1)C1CCCN(C(=O)c2ccc(CN)cc2)C1. The number of nitrogens with two attached hydrogens (primary N) is 1. The fourth-order valence-corrected chi connectivity index (χ4v) is 5.94. The van der Waals surface area contributed by atoms with E-state index in [1.165, 1.54) is 7.11 Å². The van der Waals surface area contributed by atoms with Gasteiger partial charge in [0.15, 0.2) is 0 Å². The van der Waals surface area contributed by atoms with Crippen LogP contribution in [0.5, 0.6) is 5.75 Å². The predicted octanol–water partition coefficient (Wildman–Crippen LogP) is 5.35. The van der Waals surface area contributed by atoms with Crippen molar-refractivity contribution in [3.8, 4) is 16.9 Å². The molecule has 0 radical (unpaired) electrons. The lowest BCUT2D eigenvalue weighted by molar-refractivity contribution is -0.0563. The third-order valence-corrected chi connectivity index (χ3v) is 8.16. The Labute approximate surface area is 246 Å². The molecule has 1 heterocycles. The van der Waals surface area contributed by atoms with Gasteiger partial charge < -0.3 is 30.5 Å². The van der Waals surface area contributed by atoms with Crippen LogP contribution in [0, 0.1) is 5.92 Å². The number of benzene rings is 3. The molecular formula is C32H38ClN3O5. The maximum atomic E-state index is 13.5. The molecule has 0 aromatic heterocycles. The number of carbonyl (C=O) groups excluding carboxylic acids is 2. The van der Waals surface area contributed by atoms with Gasteiger partial charge in [-0.25, -0.2) is 4.79 Å². The Kier molecular flexibility index (Phi) is 10.3. The van der Waals surface area contributed by atoms with Crippen LogP contribution >= 0.6 is 11.6 Å². The second-order valence-electron chi connectivity index (χ2n) is 10.3. The summed E-state index contributed by atoms with van der Waals surface area (Å²) in [6, 6.07) is 20.5. The molecule has 4 rings (SSSR count). The number of piperidine rings is 1. The average Bonchev–Trinajstić information content (AvgIpc) is 3.02. The fourth-order valence-electron chi connectivity index (χ4n) is 5.65. The second-order valence-corrected chi connectivity index (χ2v) is 10.7. The van der Waals surface area contributed by atoms with Crippen LogP contribution in [-0.4, -0.2) is 55.9 Å². The van der Waals surface area contributed by atoms with Gasteiger partial charge in [-0.3, -0.25) is 4.79 Å². The highest BCUT2D eigenvalue weighted by molar-refractivity contribution is 6.33. The van der Waals surface area contributed by atoms with Crippen molar-refractivity contribution >= 4 is 23.6 Å². The number of likely N-dealkylation sites (tertiary alicyclic amines) is 1. The maximum Gasteiger partial charge on any atom is 0.406 e. The van der Waals surface area contributed by atoms with Gasteiger partial charge in [0, 0.05) is 48.2 Å². The van der Waals surface area contributed by atoms with Gasteiger partial charge in [0.2, 0.25) is 0 Å². The summed E-state index contributed by atoms with van der Waals surface area (Å²) in [7, 11) is 2.92. The van der Waals surface area contributed by atoms with E-state index in [9.17, 15) is 14.7 Å². The zero-order valence-electron chi connectivity index (χ0n) is 23.6. The summed E-state index contributed by atoms with van der Waals surface area (Å²) in [4.78, 5) is 27.0. The quantitative estimate of drug-likeness (QED) is 0.279. The molecule has 3 aromatic carbocycles. The molecule has 1 saturated heterocycles. The standard InChI is InChI=1S/C32H38ClN3O5/c1-40-26-9-3-7-24(19-26)29-27(10-4-11-28(29)33)32(39,16-6-17-35-31(38)41-2)25-8-5-18-36(21-25)30(37)23-14-12-22(20-34)13-15-23/h3-4,7,9-15,19,25,39H,5-6,8,16-18,20-21,34H2,1-2H3,(H,35,38)/t25?,32-/m1/s1. The second kappa shape index (κ2) is 13.9. The minimum absolute atomic E-state index is 0.0768. The fraction of sp³-hybridized carbons (Fsp3) is 0.375. The minimum atomic E-state index is -1.34. The Morgan fingerprint density at radius 2 is 1.88 bits per heavy atom. The molecule has 0 saturated carbocycles. The van der Waals surface area contributed by atoms with Crippen molar-refractivity contribution in [2.24, 2.45) is 11.7 Å². The monoisotopic (exact) mass is 579 g/mol. The number of aliphatic hydroxyl groups is 1. The van der Waals surface area contributed by atoms with Gasteiger partial charge >= 0.3 is 6.09 Å². The third kappa shape index (κ3) is 7.01. The van der Waals surface area contributed by atoms with Crippen LogP contribution in [-0.2, 0) is 16.9 Å². The molecule has 0 bridgehead atoms. The van der Waals surface area contributed by atoms with E-state index in [-0.39, 0.29) is 11.8 Å². The summed E-state index contributed by atoms with van der Waals surface area (Å²) >= 11 is 6.81. The number of ether oxygens (including phenoxy) is 2. The van der Waals surface area contributed by atoms with Crippen molar-refractivity contribution in [3.63, 3.8) is 0 Å². The number of hydrogen-bond donors (Lipinski definition) is 3. The number of hydrogen-bond acceptors (Lipinski definition) is 6. The zero-order chi connectivity index (χ0) is 29.4. The van der Waals surface area contributed by atoms with Crippen LogP contribution in [0.25, 0.3) is 11.1 Å². The minimum Gasteiger partial charge on any atom is -0.497 e. The highest BCUT2D eigenvalue weighted by Crippen LogP contribution is 2.46. The van der Waals surface area contributed by atoms with Gasteiger partial charge in [0.1, 0.15) is 5.75 Å². The van der Waals surface area contributed by atoms with Gasteiger partial charge in [-0.2, -0.15) is 0 Å². The number of halogens is 1. The molecule has 4 N–H and O–H groups in total. The topological polar surface area (TPSA) is 114 Å². The summed E-state index contributed by atoms with van der Waals surface area (Å²) < 4.78 is 10.2. The zero-order valence-corrected chi connectivity index (χ0v) is 24.3. The summed E-state index contributed by atoms with van der Waals surface area (Å²) in [5, 5.41) is 15.9. The molecule has 1 unspecified atom stereocenters. The number of carbonyl (C=O) groups is 2. The van der Waals surface area contributed by atoms with Gasteiger partial charge in [-0.15, -0.1) is 0 Å². The van der Waals surface area contributed by atoms with E-state index in [1.807, 2.05) is 53.4 Å². The van der Waals surface area contributed by atoms with Crippen molar-refractivity contribution in [3.05, 3.63) is 88.4 Å². The van der Waals surface area contributed by atoms with Crippen molar-refractivity contribution in [1.82, 2.24) is 10.2 Å². The number of nitrogens with one attached hydrogen (secondary N) is 1. The van der Waals surface area contributed by atoms with Crippen LogP contribution in [0.3, 0.4) is 0 Å². The Morgan fingerprint density at radius 1 is 1.12 bits per heavy atom. The van der Waals surface area contributed by atoms with Gasteiger partial charge in [-0.05, 0) is 72.7 Å². The first-order valence-electron chi connectivity index (χ1n) is 13.9. The van der Waals surface area contributed by atoms with Crippen molar-refractivity contribution in [2.75, 3.05) is 33.9 Å². The van der Waals surface area contributed by atoms with Gasteiger partial charge in [0.05, 0.1) is 19.8 Å². The molecule has 41 heavy (non-hydrogen) atoms. The molecule has 218 valence electrons. The van der Waals surface area contributed by atoms with Crippen LogP contribution in [0.4, 0.5) is 4.79 Å². The first-order valence-corrected chi connectivity index (χ1v) is 14.2. The number of amides is 2. The average molecular weight is 580 g/mol. The number of methoxy groups -OCH3 is 2. The number of alkyl carbamates (subject to hydrolysis) is 1. The summed E-state index contributed by atoms with van der Waals surface area (Å²) in [5.74, 6) is 0.325. The lowest BCUT2D eigenvalue weighted by atomic mass is 9.72. The first kappa shape index (κ1) is 30.4. The van der Waals surface area contributed by atoms with Crippen molar-refractivity contribution < 1.29 is 24.2 Å². The maximum absolute atomic E-state index is 13.5. The van der Waals surface area contributed by atoms with Crippen LogP contribution in [0.1, 0.15) is 47.2 Å². The van der Waals surface area contributed by atoms with Gasteiger partial charge in [0.25, 0.3) is 5.91 Å². The Hall–Kier alpha value is -3.59. The highest BCUT2D eigenvalue weighted by Gasteiger charge is 2.43. The summed E-state index contributed by atoms with van der Waals surface area (Å²) in [6.45, 7) is 1.72. The molecule has 0 spiro atoms. The molecule has 1 aliphatic heterocycles. The van der Waals surface area contributed by atoms with Crippen LogP contribution in [0.15, 0.2) is 66.7 Å². The molecule has 0 aliphatic carbocycles. The van der Waals surface area contributed by atoms with Crippen LogP contribution < -0.4 is 15.8 Å². The molecular weight excluding hydrogens is 542 g/mol. The van der Waals surface area contributed by atoms with E-state index in [2.05, 4.69) is 5.32 Å². The predicted molar refractivity (Wildman–Crippen MR) is 160 cm³/mol. The van der Waals surface area contributed by atoms with E-state index in [1.54, 1.807) is 25.3 Å². The van der Waals surface area contributed by atoms with E-state index in [0.717, 1.165) is 29.5 Å². The number of nitrogens with zero attached hydrogens (tertiary/aromatic N) is 1. The largest absolute Gasteiger partial charge is 0.497 e. The first-order chi connectivity index (χ1) is 19.8. The Morgan fingerprint density at radius 3 is 2.59 bits per heavy atom. The Bertz CT molecular complexity index is 1350. The van der Waals surface area contributed by atoms with Crippen LogP contribution in [0.2, 0.25) is 5.02 Å². The van der Waals surface area contributed by atoms with E-state index >= 15 is 0 Å². The van der Waals surface area contributed by atoms with E-state index in [4.69, 9.17) is 26.8 Å². The highest BCUT2D eigenvalue weighted by atomic mass is 35.5. The summed E-state index contributed by atoms with van der Waals surface area (Å²) in [5.41, 5.74) is 8.15. The molecule has 9 heteroatoms. The van der Waals surface area contributed by atoms with E-state index in [0.29, 0.717) is 60.9 Å². The molecule has 1 aliphatic rings. The molecule has 2 atom stereocenters. The Balaban J connectivity index is 1.70. The smallest absolute Gasteiger partial charge is 0.406 e. The van der Waals surface area contributed by atoms with Gasteiger partial charge in [-0.1, -0.05) is 48.0 Å². The molecule has 2 amide bonds. The lowest BCUT2D eigenvalue weighted by Crippen LogP contribution is -2.48. The van der Waals surface area contributed by atoms with E-state index < -0.39 is 11.7 Å². The van der Waals surface area contributed by atoms with Crippen molar-refractivity contribution in [1.29, 1.82) is 0 Å². The molecule has 1 fully saturated rings. The molecule has 3 aromatic rings.